The molecular weight excluding hydrogens is 452 g/mol. The van der Waals surface area contributed by atoms with Crippen LogP contribution in [-0.4, -0.2) is 52.2 Å². The highest BCUT2D eigenvalue weighted by molar-refractivity contribution is 6.33. The van der Waals surface area contributed by atoms with E-state index in [0.717, 1.165) is 11.3 Å². The number of piperazine rings is 1. The molecule has 2 aromatic carbocycles. The third-order valence-electron chi connectivity index (χ3n) is 6.12. The molecule has 1 aromatic heterocycles. The Morgan fingerprint density at radius 2 is 1.97 bits per heavy atom. The number of carbonyl (C=O) groups is 1. The molecule has 0 saturated carbocycles. The van der Waals surface area contributed by atoms with Crippen LogP contribution in [0.4, 0.5) is 5.69 Å². The second kappa shape index (κ2) is 10.2. The van der Waals surface area contributed by atoms with Gasteiger partial charge >= 0.3 is 5.97 Å². The van der Waals surface area contributed by atoms with Gasteiger partial charge in [0.15, 0.2) is 0 Å². The number of nitrogens with zero attached hydrogens (tertiary/aromatic N) is 4. The van der Waals surface area contributed by atoms with Crippen molar-refractivity contribution < 1.29 is 15.0 Å². The maximum Gasteiger partial charge on any atom is 0.337 e. The third kappa shape index (κ3) is 5.20. The number of aryl methyl sites for hydroxylation is 1. The van der Waals surface area contributed by atoms with Crippen molar-refractivity contribution in [3.63, 3.8) is 0 Å². The molecule has 2 N–H and O–H groups in total. The lowest BCUT2D eigenvalue weighted by Crippen LogP contribution is -2.49. The zero-order valence-corrected chi connectivity index (χ0v) is 19.5. The molecule has 1 saturated heterocycles. The molecule has 0 amide bonds. The number of aliphatic hydroxyl groups is 1. The summed E-state index contributed by atoms with van der Waals surface area (Å²) in [5.41, 5.74) is 4.22. The van der Waals surface area contributed by atoms with Gasteiger partial charge in [0.25, 0.3) is 0 Å². The van der Waals surface area contributed by atoms with E-state index in [0.29, 0.717) is 42.5 Å². The van der Waals surface area contributed by atoms with Crippen molar-refractivity contribution >= 4 is 23.3 Å². The zero-order valence-electron chi connectivity index (χ0n) is 18.7. The fraction of sp³-hybridized carbons (Fsp3) is 0.269. The van der Waals surface area contributed by atoms with Crippen LogP contribution in [0.1, 0.15) is 44.9 Å². The smallest absolute Gasteiger partial charge is 0.337 e. The maximum atomic E-state index is 11.1. The van der Waals surface area contributed by atoms with Gasteiger partial charge in [0.2, 0.25) is 0 Å². The Labute approximate surface area is 203 Å². The molecule has 1 fully saturated rings. The molecule has 8 heteroatoms. The Balaban J connectivity index is 1.56. The first-order valence-electron chi connectivity index (χ1n) is 11.0. The highest BCUT2D eigenvalue weighted by Gasteiger charge is 2.31. The van der Waals surface area contributed by atoms with Crippen LogP contribution in [0.15, 0.2) is 60.8 Å². The van der Waals surface area contributed by atoms with Gasteiger partial charge in [0, 0.05) is 32.4 Å². The average molecular weight is 477 g/mol. The van der Waals surface area contributed by atoms with Gasteiger partial charge < -0.3 is 15.1 Å². The van der Waals surface area contributed by atoms with E-state index >= 15 is 0 Å². The molecule has 0 spiro atoms. The molecule has 0 aliphatic carbocycles. The van der Waals surface area contributed by atoms with Crippen molar-refractivity contribution in [2.45, 2.75) is 19.1 Å². The number of β-amino-alcohol motifs (C(OH)–C–C–N with tert-alkyl or cyclic N) is 1. The standard InChI is InChI=1S/C26H25ClN4O3/c1-17-2-5-19(6-3-17)24-15-30(16-25(32)22-8-7-20(14-29-22)26(33)34)10-11-31(24)23-9-4-18(13-28)12-21(23)27/h2-9,12,14,24-25,32H,10-11,15-16H2,1H3,(H,33,34)/t24-,25+/m0/s1. The maximum absolute atomic E-state index is 11.1. The minimum Gasteiger partial charge on any atom is -0.478 e. The lowest BCUT2D eigenvalue weighted by molar-refractivity contribution is 0.0695. The Morgan fingerprint density at radius 1 is 1.21 bits per heavy atom. The summed E-state index contributed by atoms with van der Waals surface area (Å²) in [6.07, 6.45) is 0.424. The van der Waals surface area contributed by atoms with Crippen LogP contribution < -0.4 is 4.90 Å². The summed E-state index contributed by atoms with van der Waals surface area (Å²) in [7, 11) is 0. The summed E-state index contributed by atoms with van der Waals surface area (Å²) in [5.74, 6) is -1.05. The van der Waals surface area contributed by atoms with Gasteiger partial charge in [0.1, 0.15) is 6.10 Å². The van der Waals surface area contributed by atoms with Gasteiger partial charge in [-0.25, -0.2) is 4.79 Å². The van der Waals surface area contributed by atoms with Crippen LogP contribution in [0.2, 0.25) is 5.02 Å². The summed E-state index contributed by atoms with van der Waals surface area (Å²) in [6, 6.07) is 18.8. The second-order valence-electron chi connectivity index (χ2n) is 8.45. The molecular formula is C26H25ClN4O3. The van der Waals surface area contributed by atoms with Gasteiger partial charge in [-0.15, -0.1) is 0 Å². The van der Waals surface area contributed by atoms with Gasteiger partial charge in [-0.2, -0.15) is 5.26 Å². The fourth-order valence-corrected chi connectivity index (χ4v) is 4.53. The van der Waals surface area contributed by atoms with Gasteiger partial charge in [-0.3, -0.25) is 9.88 Å². The third-order valence-corrected chi connectivity index (χ3v) is 6.42. The summed E-state index contributed by atoms with van der Waals surface area (Å²) in [4.78, 5) is 19.6. The highest BCUT2D eigenvalue weighted by atomic mass is 35.5. The van der Waals surface area contributed by atoms with Crippen LogP contribution in [0.3, 0.4) is 0 Å². The predicted octanol–water partition coefficient (Wildman–Crippen LogP) is 4.21. The SMILES string of the molecule is Cc1ccc([C@@H]2CN(C[C@@H](O)c3ccc(C(=O)O)cn3)CCN2c2ccc(C#N)cc2Cl)cc1. The Hall–Kier alpha value is -3.44. The van der Waals surface area contributed by atoms with E-state index in [1.165, 1.54) is 17.8 Å². The predicted molar refractivity (Wildman–Crippen MR) is 130 cm³/mol. The number of hydrogen-bond acceptors (Lipinski definition) is 6. The van der Waals surface area contributed by atoms with Crippen molar-refractivity contribution in [3.05, 3.63) is 93.8 Å². The first-order chi connectivity index (χ1) is 16.4. The number of pyridine rings is 1. The first-order valence-corrected chi connectivity index (χ1v) is 11.4. The monoisotopic (exact) mass is 476 g/mol. The lowest BCUT2D eigenvalue weighted by atomic mass is 9.99. The van der Waals surface area contributed by atoms with Crippen LogP contribution in [0.25, 0.3) is 0 Å². The number of aliphatic hydroxyl groups excluding tert-OH is 1. The Kier molecular flexibility index (Phi) is 7.13. The molecule has 1 aliphatic rings. The molecule has 174 valence electrons. The van der Waals surface area contributed by atoms with Crippen LogP contribution in [0.5, 0.6) is 0 Å². The van der Waals surface area contributed by atoms with Crippen LogP contribution in [-0.2, 0) is 0 Å². The first kappa shape index (κ1) is 23.7. The van der Waals surface area contributed by atoms with Gasteiger partial charge in [-0.05, 0) is 42.8 Å². The molecule has 2 heterocycles. The minimum absolute atomic E-state index is 0.00525. The molecule has 0 unspecified atom stereocenters. The van der Waals surface area contributed by atoms with E-state index in [2.05, 4.69) is 45.1 Å². The lowest BCUT2D eigenvalue weighted by Gasteiger charge is -2.44. The average Bonchev–Trinajstić information content (AvgIpc) is 2.84. The van der Waals surface area contributed by atoms with Crippen LogP contribution >= 0.6 is 11.6 Å². The number of benzene rings is 2. The number of anilines is 1. The van der Waals surface area contributed by atoms with E-state index in [1.807, 2.05) is 13.0 Å². The van der Waals surface area contributed by atoms with Gasteiger partial charge in [-0.1, -0.05) is 41.4 Å². The van der Waals surface area contributed by atoms with Crippen molar-refractivity contribution in [2.75, 3.05) is 31.1 Å². The second-order valence-corrected chi connectivity index (χ2v) is 8.86. The molecule has 4 rings (SSSR count). The van der Waals surface area contributed by atoms with E-state index in [9.17, 15) is 15.2 Å². The molecule has 2 atom stereocenters. The van der Waals surface area contributed by atoms with E-state index in [-0.39, 0.29) is 11.6 Å². The molecule has 0 bridgehead atoms. The molecule has 1 aliphatic heterocycles. The summed E-state index contributed by atoms with van der Waals surface area (Å²) < 4.78 is 0. The molecule has 3 aromatic rings. The quantitative estimate of drug-likeness (QED) is 0.549. The van der Waals surface area contributed by atoms with E-state index in [1.54, 1.807) is 18.2 Å². The normalized spacial score (nSPS) is 17.2. The number of aromatic carboxylic acids is 1. The van der Waals surface area contributed by atoms with Crippen molar-refractivity contribution in [2.24, 2.45) is 0 Å². The zero-order chi connectivity index (χ0) is 24.2. The Morgan fingerprint density at radius 3 is 2.59 bits per heavy atom. The molecule has 34 heavy (non-hydrogen) atoms. The summed E-state index contributed by atoms with van der Waals surface area (Å²) in [5, 5.41) is 29.5. The van der Waals surface area contributed by atoms with Crippen molar-refractivity contribution in [3.8, 4) is 6.07 Å². The van der Waals surface area contributed by atoms with Crippen molar-refractivity contribution in [1.29, 1.82) is 5.26 Å². The minimum atomic E-state index is -1.05. The summed E-state index contributed by atoms with van der Waals surface area (Å²) >= 11 is 6.56. The fourth-order valence-electron chi connectivity index (χ4n) is 4.24. The molecule has 7 nitrogen and oxygen atoms in total. The van der Waals surface area contributed by atoms with Crippen LogP contribution in [0, 0.1) is 18.3 Å². The largest absolute Gasteiger partial charge is 0.478 e. The Bertz CT molecular complexity index is 1210. The number of halogens is 1. The number of carboxylic acids is 1. The number of rotatable bonds is 6. The van der Waals surface area contributed by atoms with Gasteiger partial charge in [0.05, 0.1) is 39.6 Å². The number of hydrogen-bond donors (Lipinski definition) is 2. The number of aromatic nitrogens is 1. The highest BCUT2D eigenvalue weighted by Crippen LogP contribution is 2.36. The van der Waals surface area contributed by atoms with E-state index in [4.69, 9.17) is 16.7 Å². The number of nitriles is 1. The van der Waals surface area contributed by atoms with Crippen molar-refractivity contribution in [1.82, 2.24) is 9.88 Å². The topological polar surface area (TPSA) is 101 Å². The summed E-state index contributed by atoms with van der Waals surface area (Å²) in [6.45, 7) is 4.46. The van der Waals surface area contributed by atoms with E-state index < -0.39 is 12.1 Å². The molecule has 0 radical (unpaired) electrons. The number of carboxylic acid groups (broad SMARTS) is 1.